The summed E-state index contributed by atoms with van der Waals surface area (Å²) in [6, 6.07) is 14.6. The Bertz CT molecular complexity index is 717. The van der Waals surface area contributed by atoms with Crippen LogP contribution < -0.4 is 5.32 Å². The van der Waals surface area contributed by atoms with Gasteiger partial charge in [0.25, 0.3) is 5.91 Å². The molecule has 132 valence electrons. The van der Waals surface area contributed by atoms with E-state index in [1.54, 1.807) is 36.2 Å². The molecule has 25 heavy (non-hydrogen) atoms. The highest BCUT2D eigenvalue weighted by atomic mass is 79.9. The van der Waals surface area contributed by atoms with Gasteiger partial charge >= 0.3 is 0 Å². The first-order chi connectivity index (χ1) is 12.0. The summed E-state index contributed by atoms with van der Waals surface area (Å²) in [4.78, 5) is 25.8. The highest BCUT2D eigenvalue weighted by Gasteiger charge is 2.10. The summed E-state index contributed by atoms with van der Waals surface area (Å²) >= 11 is 9.19. The summed E-state index contributed by atoms with van der Waals surface area (Å²) < 4.78 is 1.02. The van der Waals surface area contributed by atoms with Gasteiger partial charge < -0.3 is 10.2 Å². The molecule has 0 bridgehead atoms. The molecule has 0 unspecified atom stereocenters. The third kappa shape index (κ3) is 6.52. The summed E-state index contributed by atoms with van der Waals surface area (Å²) in [5.74, 6) is -0.101. The van der Waals surface area contributed by atoms with Crippen LogP contribution in [0.1, 0.15) is 28.8 Å². The van der Waals surface area contributed by atoms with Crippen LogP contribution >= 0.6 is 27.5 Å². The second kappa shape index (κ2) is 9.59. The summed E-state index contributed by atoms with van der Waals surface area (Å²) in [5, 5.41) is 3.40. The average Bonchev–Trinajstić information content (AvgIpc) is 2.60. The Hall–Kier alpha value is -1.85. The second-order valence-electron chi connectivity index (χ2n) is 5.74. The van der Waals surface area contributed by atoms with Gasteiger partial charge in [0.1, 0.15) is 0 Å². The maximum atomic E-state index is 12.2. The van der Waals surface area contributed by atoms with Gasteiger partial charge in [0.2, 0.25) is 5.91 Å². The SMILES string of the molecule is CN(Cc1ccc(Br)cc1)C(=O)CCCNC(=O)c1ccc(Cl)cc1. The fourth-order valence-electron chi connectivity index (χ4n) is 2.29. The summed E-state index contributed by atoms with van der Waals surface area (Å²) in [6.07, 6.45) is 0.997. The topological polar surface area (TPSA) is 49.4 Å². The molecule has 0 aliphatic heterocycles. The van der Waals surface area contributed by atoms with E-state index < -0.39 is 0 Å². The largest absolute Gasteiger partial charge is 0.352 e. The van der Waals surface area contributed by atoms with E-state index >= 15 is 0 Å². The molecule has 0 saturated carbocycles. The van der Waals surface area contributed by atoms with Crippen molar-refractivity contribution in [3.63, 3.8) is 0 Å². The molecule has 2 aromatic carbocycles. The minimum absolute atomic E-state index is 0.0589. The van der Waals surface area contributed by atoms with E-state index in [0.717, 1.165) is 10.0 Å². The monoisotopic (exact) mass is 422 g/mol. The Kier molecular flexibility index (Phi) is 7.47. The number of benzene rings is 2. The van der Waals surface area contributed by atoms with Crippen molar-refractivity contribution in [2.24, 2.45) is 0 Å². The van der Waals surface area contributed by atoms with Gasteiger partial charge in [-0.3, -0.25) is 9.59 Å². The van der Waals surface area contributed by atoms with Gasteiger partial charge in [0.15, 0.2) is 0 Å². The van der Waals surface area contributed by atoms with Crippen molar-refractivity contribution in [1.29, 1.82) is 0 Å². The summed E-state index contributed by atoms with van der Waals surface area (Å²) in [5.41, 5.74) is 1.64. The molecule has 0 atom stereocenters. The number of hydrogen-bond donors (Lipinski definition) is 1. The van der Waals surface area contributed by atoms with Crippen molar-refractivity contribution >= 4 is 39.3 Å². The van der Waals surface area contributed by atoms with Crippen molar-refractivity contribution in [2.45, 2.75) is 19.4 Å². The molecule has 1 N–H and O–H groups in total. The first kappa shape index (κ1) is 19.5. The van der Waals surface area contributed by atoms with E-state index in [-0.39, 0.29) is 11.8 Å². The number of amides is 2. The number of hydrogen-bond acceptors (Lipinski definition) is 2. The molecule has 2 amide bonds. The van der Waals surface area contributed by atoms with E-state index in [9.17, 15) is 9.59 Å². The van der Waals surface area contributed by atoms with Crippen LogP contribution in [-0.2, 0) is 11.3 Å². The van der Waals surface area contributed by atoms with E-state index in [1.807, 2.05) is 24.3 Å². The Morgan fingerprint density at radius 3 is 2.36 bits per heavy atom. The molecule has 0 spiro atoms. The maximum Gasteiger partial charge on any atom is 0.251 e. The van der Waals surface area contributed by atoms with Gasteiger partial charge in [-0.2, -0.15) is 0 Å². The van der Waals surface area contributed by atoms with Crippen LogP contribution in [0.15, 0.2) is 53.0 Å². The van der Waals surface area contributed by atoms with E-state index in [1.165, 1.54) is 0 Å². The lowest BCUT2D eigenvalue weighted by atomic mass is 10.2. The van der Waals surface area contributed by atoms with Crippen LogP contribution in [0.2, 0.25) is 5.02 Å². The van der Waals surface area contributed by atoms with Crippen molar-refractivity contribution in [3.8, 4) is 0 Å². The third-order valence-electron chi connectivity index (χ3n) is 3.72. The predicted molar refractivity (Wildman–Crippen MR) is 104 cm³/mol. The van der Waals surface area contributed by atoms with E-state index in [0.29, 0.717) is 36.5 Å². The Labute approximate surface area is 161 Å². The molecule has 0 radical (unpaired) electrons. The van der Waals surface area contributed by atoms with Gasteiger partial charge in [-0.25, -0.2) is 0 Å². The number of rotatable bonds is 7. The smallest absolute Gasteiger partial charge is 0.251 e. The Balaban J connectivity index is 1.69. The molecule has 0 aliphatic carbocycles. The second-order valence-corrected chi connectivity index (χ2v) is 7.09. The molecule has 4 nitrogen and oxygen atoms in total. The normalized spacial score (nSPS) is 10.4. The molecular weight excluding hydrogens is 404 g/mol. The van der Waals surface area contributed by atoms with Crippen LogP contribution in [0, 0.1) is 0 Å². The molecule has 0 saturated heterocycles. The summed E-state index contributed by atoms with van der Waals surface area (Å²) in [6.45, 7) is 1.03. The summed E-state index contributed by atoms with van der Waals surface area (Å²) in [7, 11) is 1.79. The lowest BCUT2D eigenvalue weighted by Crippen LogP contribution is -2.28. The highest BCUT2D eigenvalue weighted by molar-refractivity contribution is 9.10. The van der Waals surface area contributed by atoms with E-state index in [4.69, 9.17) is 11.6 Å². The van der Waals surface area contributed by atoms with Crippen LogP contribution in [-0.4, -0.2) is 30.3 Å². The molecule has 0 heterocycles. The number of carbonyl (C=O) groups is 2. The average molecular weight is 424 g/mol. The number of nitrogens with zero attached hydrogens (tertiary/aromatic N) is 1. The van der Waals surface area contributed by atoms with E-state index in [2.05, 4.69) is 21.2 Å². The van der Waals surface area contributed by atoms with Gasteiger partial charge in [0, 0.05) is 41.6 Å². The zero-order valence-corrected chi connectivity index (χ0v) is 16.3. The van der Waals surface area contributed by atoms with Gasteiger partial charge in [0.05, 0.1) is 0 Å². The molecule has 0 fully saturated rings. The molecule has 0 aromatic heterocycles. The zero-order chi connectivity index (χ0) is 18.2. The lowest BCUT2D eigenvalue weighted by Gasteiger charge is -2.17. The lowest BCUT2D eigenvalue weighted by molar-refractivity contribution is -0.130. The number of nitrogens with one attached hydrogen (secondary N) is 1. The first-order valence-corrected chi connectivity index (χ1v) is 9.15. The van der Waals surface area contributed by atoms with Gasteiger partial charge in [-0.05, 0) is 48.4 Å². The van der Waals surface area contributed by atoms with Gasteiger partial charge in [-0.1, -0.05) is 39.7 Å². The van der Waals surface area contributed by atoms with Crippen LogP contribution in [0.4, 0.5) is 0 Å². The number of halogens is 2. The van der Waals surface area contributed by atoms with Crippen LogP contribution in [0.25, 0.3) is 0 Å². The number of carbonyl (C=O) groups excluding carboxylic acids is 2. The third-order valence-corrected chi connectivity index (χ3v) is 4.50. The van der Waals surface area contributed by atoms with Crippen molar-refractivity contribution in [1.82, 2.24) is 10.2 Å². The van der Waals surface area contributed by atoms with Gasteiger partial charge in [-0.15, -0.1) is 0 Å². The zero-order valence-electron chi connectivity index (χ0n) is 14.0. The van der Waals surface area contributed by atoms with Crippen molar-refractivity contribution < 1.29 is 9.59 Å². The molecular formula is C19H20BrClN2O2. The molecule has 2 aromatic rings. The quantitative estimate of drug-likeness (QED) is 0.676. The predicted octanol–water partition coefficient (Wildman–Crippen LogP) is 4.27. The van der Waals surface area contributed by atoms with Crippen LogP contribution in [0.5, 0.6) is 0 Å². The molecule has 6 heteroatoms. The Morgan fingerprint density at radius 2 is 1.72 bits per heavy atom. The minimum Gasteiger partial charge on any atom is -0.352 e. The molecule has 0 aliphatic rings. The minimum atomic E-state index is -0.160. The maximum absolute atomic E-state index is 12.2. The fraction of sp³-hybridized carbons (Fsp3) is 0.263. The molecule has 2 rings (SSSR count). The highest BCUT2D eigenvalue weighted by Crippen LogP contribution is 2.12. The fourth-order valence-corrected chi connectivity index (χ4v) is 2.68. The van der Waals surface area contributed by atoms with Crippen molar-refractivity contribution in [2.75, 3.05) is 13.6 Å². The standard InChI is InChI=1S/C19H20BrClN2O2/c1-23(13-14-4-8-16(20)9-5-14)18(24)3-2-12-22-19(25)15-6-10-17(21)11-7-15/h4-11H,2-3,12-13H2,1H3,(H,22,25). The van der Waals surface area contributed by atoms with Crippen LogP contribution in [0.3, 0.4) is 0 Å². The Morgan fingerprint density at radius 1 is 1.08 bits per heavy atom. The first-order valence-electron chi connectivity index (χ1n) is 7.98. The van der Waals surface area contributed by atoms with Crippen molar-refractivity contribution in [3.05, 3.63) is 69.2 Å².